The predicted octanol–water partition coefficient (Wildman–Crippen LogP) is 0.774. The molecule has 11 heteroatoms. The molecule has 160 valence electrons. The minimum absolute atomic E-state index is 0.186. The molecule has 10 nitrogen and oxygen atoms in total. The topological polar surface area (TPSA) is 151 Å². The van der Waals surface area contributed by atoms with Crippen LogP contribution in [0.3, 0.4) is 0 Å². The van der Waals surface area contributed by atoms with E-state index < -0.39 is 37.1 Å². The van der Waals surface area contributed by atoms with Crippen LogP contribution in [0, 0.1) is 0 Å². The second kappa shape index (κ2) is 8.76. The van der Waals surface area contributed by atoms with Gasteiger partial charge < -0.3 is 34.4 Å². The van der Waals surface area contributed by atoms with Gasteiger partial charge in [-0.05, 0) is 31.2 Å². The summed E-state index contributed by atoms with van der Waals surface area (Å²) in [4.78, 5) is 8.73. The van der Waals surface area contributed by atoms with E-state index in [1.807, 2.05) is 31.2 Å². The zero-order chi connectivity index (χ0) is 21.3. The van der Waals surface area contributed by atoms with E-state index in [-0.39, 0.29) is 5.89 Å². The van der Waals surface area contributed by atoms with E-state index in [2.05, 4.69) is 15.1 Å². The number of thiazole rings is 1. The van der Waals surface area contributed by atoms with Gasteiger partial charge in [0, 0.05) is 10.9 Å². The first kappa shape index (κ1) is 20.8. The number of aromatic nitrogens is 3. The van der Waals surface area contributed by atoms with Crippen molar-refractivity contribution in [1.29, 1.82) is 0 Å². The minimum atomic E-state index is -1.47. The molecule has 0 amide bonds. The SMILES string of the molecule is CCOc1ccc(-c2noc(-c3csc([C@@H]4O[C@H](CO)[C@H](O)[C@H](O)[C@H]4O)n3)n2)cc1. The molecular weight excluding hydrogens is 414 g/mol. The average Bonchev–Trinajstić information content (AvgIpc) is 3.43. The number of ether oxygens (including phenoxy) is 2. The molecule has 5 atom stereocenters. The smallest absolute Gasteiger partial charge is 0.277 e. The van der Waals surface area contributed by atoms with E-state index in [0.29, 0.717) is 23.1 Å². The Hall–Kier alpha value is -2.41. The van der Waals surface area contributed by atoms with Crippen molar-refractivity contribution in [1.82, 2.24) is 15.1 Å². The Morgan fingerprint density at radius 1 is 1.07 bits per heavy atom. The van der Waals surface area contributed by atoms with Crippen molar-refractivity contribution in [3.8, 4) is 28.7 Å². The summed E-state index contributed by atoms with van der Waals surface area (Å²) in [5.74, 6) is 1.31. The molecule has 2 aromatic heterocycles. The maximum atomic E-state index is 10.3. The second-order valence-corrected chi connectivity index (χ2v) is 7.59. The van der Waals surface area contributed by atoms with Crippen LogP contribution < -0.4 is 4.74 Å². The Labute approximate surface area is 175 Å². The van der Waals surface area contributed by atoms with Gasteiger partial charge in [0.25, 0.3) is 5.89 Å². The van der Waals surface area contributed by atoms with Crippen LogP contribution >= 0.6 is 11.3 Å². The molecule has 3 aromatic rings. The zero-order valence-electron chi connectivity index (χ0n) is 16.0. The van der Waals surface area contributed by atoms with Crippen LogP contribution in [-0.2, 0) is 4.74 Å². The molecule has 3 heterocycles. The Bertz CT molecular complexity index is 975. The molecule has 0 saturated carbocycles. The summed E-state index contributed by atoms with van der Waals surface area (Å²) >= 11 is 1.17. The van der Waals surface area contributed by atoms with E-state index in [1.165, 1.54) is 11.3 Å². The highest BCUT2D eigenvalue weighted by Gasteiger charge is 2.45. The first-order valence-electron chi connectivity index (χ1n) is 9.35. The van der Waals surface area contributed by atoms with Gasteiger partial charge in [-0.1, -0.05) is 5.16 Å². The second-order valence-electron chi connectivity index (χ2n) is 6.70. The summed E-state index contributed by atoms with van der Waals surface area (Å²) in [5, 5.41) is 45.5. The van der Waals surface area contributed by atoms with Gasteiger partial charge in [-0.15, -0.1) is 11.3 Å². The predicted molar refractivity (Wildman–Crippen MR) is 105 cm³/mol. The van der Waals surface area contributed by atoms with E-state index >= 15 is 0 Å². The Morgan fingerprint density at radius 2 is 1.83 bits per heavy atom. The summed E-state index contributed by atoms with van der Waals surface area (Å²) in [6.07, 6.45) is -6.30. The van der Waals surface area contributed by atoms with Crippen molar-refractivity contribution in [2.75, 3.05) is 13.2 Å². The van der Waals surface area contributed by atoms with Crippen LogP contribution in [0.1, 0.15) is 18.0 Å². The first-order valence-corrected chi connectivity index (χ1v) is 10.2. The van der Waals surface area contributed by atoms with Crippen LogP contribution in [0.2, 0.25) is 0 Å². The van der Waals surface area contributed by atoms with Crippen LogP contribution in [-0.4, -0.2) is 73.2 Å². The summed E-state index contributed by atoms with van der Waals surface area (Å²) in [7, 11) is 0. The zero-order valence-corrected chi connectivity index (χ0v) is 16.8. The highest BCUT2D eigenvalue weighted by molar-refractivity contribution is 7.10. The number of aliphatic hydroxyl groups is 4. The molecule has 0 bridgehead atoms. The minimum Gasteiger partial charge on any atom is -0.494 e. The molecule has 0 aliphatic carbocycles. The van der Waals surface area contributed by atoms with Gasteiger partial charge in [0.2, 0.25) is 5.82 Å². The summed E-state index contributed by atoms with van der Waals surface area (Å²) in [6.45, 7) is 1.98. The quantitative estimate of drug-likeness (QED) is 0.437. The molecule has 30 heavy (non-hydrogen) atoms. The van der Waals surface area contributed by atoms with Crippen molar-refractivity contribution in [2.24, 2.45) is 0 Å². The van der Waals surface area contributed by atoms with Crippen LogP contribution in [0.15, 0.2) is 34.2 Å². The lowest BCUT2D eigenvalue weighted by atomic mass is 9.95. The summed E-state index contributed by atoms with van der Waals surface area (Å²) in [6, 6.07) is 7.27. The van der Waals surface area contributed by atoms with Crippen molar-refractivity contribution in [3.05, 3.63) is 34.7 Å². The maximum Gasteiger partial charge on any atom is 0.277 e. The monoisotopic (exact) mass is 435 g/mol. The van der Waals surface area contributed by atoms with Crippen molar-refractivity contribution >= 4 is 11.3 Å². The highest BCUT2D eigenvalue weighted by Crippen LogP contribution is 2.35. The fourth-order valence-corrected chi connectivity index (χ4v) is 4.00. The molecule has 0 unspecified atom stereocenters. The largest absolute Gasteiger partial charge is 0.494 e. The maximum absolute atomic E-state index is 10.3. The average molecular weight is 435 g/mol. The standard InChI is InChI=1S/C19H21N3O7S/c1-2-27-10-5-3-9(4-6-10)17-21-18(29-22-17)11-8-30-19(20-11)16-15(26)14(25)13(24)12(7-23)28-16/h3-6,8,12-16,23-26H,2,7H2,1H3/t12-,13+,14+,15-,16-/m1/s1. The Kier molecular flexibility index (Phi) is 6.09. The number of nitrogens with zero attached hydrogens (tertiary/aromatic N) is 3. The summed E-state index contributed by atoms with van der Waals surface area (Å²) < 4.78 is 16.3. The fraction of sp³-hybridized carbons (Fsp3) is 0.421. The van der Waals surface area contributed by atoms with Gasteiger partial charge in [-0.25, -0.2) is 4.98 Å². The van der Waals surface area contributed by atoms with E-state index in [1.54, 1.807) is 5.38 Å². The van der Waals surface area contributed by atoms with Gasteiger partial charge in [0.1, 0.15) is 47.0 Å². The Morgan fingerprint density at radius 3 is 2.53 bits per heavy atom. The Balaban J connectivity index is 1.53. The van der Waals surface area contributed by atoms with Crippen LogP contribution in [0.4, 0.5) is 0 Å². The first-order chi connectivity index (χ1) is 14.5. The molecule has 4 rings (SSSR count). The fourth-order valence-electron chi connectivity index (χ4n) is 3.13. The van der Waals surface area contributed by atoms with Gasteiger partial charge in [0.15, 0.2) is 0 Å². The van der Waals surface area contributed by atoms with Crippen LogP contribution in [0.5, 0.6) is 5.75 Å². The lowest BCUT2D eigenvalue weighted by molar-refractivity contribution is -0.231. The van der Waals surface area contributed by atoms with Gasteiger partial charge >= 0.3 is 0 Å². The molecule has 1 fully saturated rings. The lowest BCUT2D eigenvalue weighted by Gasteiger charge is -2.39. The third kappa shape index (κ3) is 3.95. The van der Waals surface area contributed by atoms with Crippen LogP contribution in [0.25, 0.3) is 23.0 Å². The van der Waals surface area contributed by atoms with Gasteiger partial charge in [0.05, 0.1) is 13.2 Å². The normalized spacial score (nSPS) is 26.6. The molecular formula is C19H21N3O7S. The number of aliphatic hydroxyl groups excluding tert-OH is 4. The van der Waals surface area contributed by atoms with E-state index in [9.17, 15) is 20.4 Å². The molecule has 1 aliphatic heterocycles. The third-order valence-electron chi connectivity index (χ3n) is 4.73. The lowest BCUT2D eigenvalue weighted by Crippen LogP contribution is -2.55. The van der Waals surface area contributed by atoms with E-state index in [4.69, 9.17) is 14.0 Å². The summed E-state index contributed by atoms with van der Waals surface area (Å²) in [5.41, 5.74) is 1.13. The van der Waals surface area contributed by atoms with Gasteiger partial charge in [-0.2, -0.15) is 4.98 Å². The van der Waals surface area contributed by atoms with Crippen molar-refractivity contribution < 1.29 is 34.4 Å². The van der Waals surface area contributed by atoms with Gasteiger partial charge in [-0.3, -0.25) is 0 Å². The van der Waals surface area contributed by atoms with Crippen molar-refractivity contribution in [2.45, 2.75) is 37.4 Å². The van der Waals surface area contributed by atoms with Crippen molar-refractivity contribution in [3.63, 3.8) is 0 Å². The number of hydrogen-bond donors (Lipinski definition) is 4. The highest BCUT2D eigenvalue weighted by atomic mass is 32.1. The number of hydrogen-bond acceptors (Lipinski definition) is 11. The molecule has 1 saturated heterocycles. The molecule has 0 spiro atoms. The molecule has 1 aromatic carbocycles. The number of rotatable bonds is 6. The van der Waals surface area contributed by atoms with E-state index in [0.717, 1.165) is 11.3 Å². The third-order valence-corrected chi connectivity index (χ3v) is 5.63. The molecule has 1 aliphatic rings. The number of benzene rings is 1. The molecule has 0 radical (unpaired) electrons. The molecule has 4 N–H and O–H groups in total.